The predicted octanol–water partition coefficient (Wildman–Crippen LogP) is 6.47. The van der Waals surface area contributed by atoms with Gasteiger partial charge >= 0.3 is 0 Å². The molecule has 2 spiro atoms. The Balaban J connectivity index is 1.19. The Hall–Kier alpha value is -3.13. The van der Waals surface area contributed by atoms with Gasteiger partial charge in [-0.2, -0.15) is 0 Å². The van der Waals surface area contributed by atoms with E-state index < -0.39 is 22.5 Å². The molecule has 3 fully saturated rings. The van der Waals surface area contributed by atoms with E-state index in [4.69, 9.17) is 0 Å². The summed E-state index contributed by atoms with van der Waals surface area (Å²) in [5.74, 6) is 0.344. The van der Waals surface area contributed by atoms with Crippen LogP contribution >= 0.6 is 0 Å². The minimum atomic E-state index is -1.07. The maximum atomic E-state index is 14.7. The third-order valence-corrected chi connectivity index (χ3v) is 14.4. The van der Waals surface area contributed by atoms with Crippen molar-refractivity contribution in [1.82, 2.24) is 4.90 Å². The Morgan fingerprint density at radius 2 is 1.57 bits per heavy atom. The van der Waals surface area contributed by atoms with Gasteiger partial charge in [0.25, 0.3) is 0 Å². The number of aliphatic hydroxyl groups excluding tert-OH is 3. The lowest BCUT2D eigenvalue weighted by Crippen LogP contribution is -2.67. The smallest absolute Gasteiger partial charge is 0.189 e. The van der Waals surface area contributed by atoms with Crippen molar-refractivity contribution in [3.63, 3.8) is 0 Å². The lowest BCUT2D eigenvalue weighted by atomic mass is 9.32. The summed E-state index contributed by atoms with van der Waals surface area (Å²) in [5, 5.41) is 46.9. The molecular weight excluding hydrogens is 610 g/mol. The summed E-state index contributed by atoms with van der Waals surface area (Å²) in [4.78, 5) is 16.8. The monoisotopic (exact) mass is 661 g/mol. The van der Waals surface area contributed by atoms with Crippen molar-refractivity contribution in [2.45, 2.75) is 83.1 Å². The highest BCUT2D eigenvalue weighted by molar-refractivity contribution is 6.10. The molecule has 258 valence electrons. The largest absolute Gasteiger partial charge is 0.394 e. The zero-order valence-electron chi connectivity index (χ0n) is 28.9. The summed E-state index contributed by atoms with van der Waals surface area (Å²) in [6.07, 6.45) is 11.1. The molecule has 0 heterocycles. The van der Waals surface area contributed by atoms with E-state index in [-0.39, 0.29) is 47.7 Å². The summed E-state index contributed by atoms with van der Waals surface area (Å²) in [7, 11) is 0. The number of rotatable bonds is 9. The number of carbonyl (C=O) groups is 1. The third kappa shape index (κ3) is 4.74. The molecule has 6 aliphatic rings. The Bertz CT molecular complexity index is 1820. The Labute approximate surface area is 290 Å². The average Bonchev–Trinajstić information content (AvgIpc) is 3.38. The van der Waals surface area contributed by atoms with Gasteiger partial charge in [0.15, 0.2) is 5.78 Å². The first kappa shape index (κ1) is 33.0. The highest BCUT2D eigenvalue weighted by Gasteiger charge is 2.74. The van der Waals surface area contributed by atoms with Crippen LogP contribution in [0.25, 0.3) is 10.8 Å². The standard InChI is InChI=1S/C43H51NO5/c1-39-18-15-32(46)23-41(39)21-22-43(35(24-41)38(48)30-10-4-3-5-11-30)36(39)16-19-40(2)37(43)17-20-42(40,49)28-44(26-33(47)27-45)25-31-13-8-12-29-9-6-7-14-34(29)31/h3-14,21-22,24,32-33,36-37,45-47,49H,15-20,23,25-28H2,1-2H3/t32?,33-,36+,37+,39+,40-,41-,42+,43+/m0/s1. The number of hydrogen-bond donors (Lipinski definition) is 4. The summed E-state index contributed by atoms with van der Waals surface area (Å²) in [6.45, 7) is 5.48. The van der Waals surface area contributed by atoms with Crippen molar-refractivity contribution in [2.75, 3.05) is 19.7 Å². The molecule has 6 nitrogen and oxygen atoms in total. The molecule has 3 aromatic rings. The van der Waals surface area contributed by atoms with Crippen molar-refractivity contribution in [2.24, 2.45) is 33.5 Å². The highest BCUT2D eigenvalue weighted by Crippen LogP contribution is 2.78. The molecule has 3 aromatic carbocycles. The number of allylic oxidation sites excluding steroid dienone is 4. The molecule has 49 heavy (non-hydrogen) atoms. The van der Waals surface area contributed by atoms with Crippen molar-refractivity contribution in [3.05, 3.63) is 108 Å². The van der Waals surface area contributed by atoms with E-state index >= 15 is 0 Å². The molecule has 6 aliphatic carbocycles. The van der Waals surface area contributed by atoms with Crippen LogP contribution in [0.1, 0.15) is 74.7 Å². The van der Waals surface area contributed by atoms with Crippen molar-refractivity contribution < 1.29 is 25.2 Å². The molecular formula is C43H51NO5. The Morgan fingerprint density at radius 1 is 0.878 bits per heavy atom. The predicted molar refractivity (Wildman–Crippen MR) is 192 cm³/mol. The van der Waals surface area contributed by atoms with Crippen LogP contribution in [0.4, 0.5) is 0 Å². The van der Waals surface area contributed by atoms with E-state index in [1.165, 1.54) is 0 Å². The van der Waals surface area contributed by atoms with E-state index in [1.54, 1.807) is 0 Å². The molecule has 0 radical (unpaired) electrons. The minimum absolute atomic E-state index is 0.0445. The number of fused-ring (bicyclic) bond motifs is 2. The van der Waals surface area contributed by atoms with Gasteiger partial charge in [-0.25, -0.2) is 0 Å². The van der Waals surface area contributed by atoms with Crippen LogP contribution in [0.15, 0.2) is 96.6 Å². The molecule has 2 bridgehead atoms. The van der Waals surface area contributed by atoms with E-state index in [2.05, 4.69) is 67.3 Å². The van der Waals surface area contributed by atoms with Gasteiger partial charge in [0.1, 0.15) is 0 Å². The molecule has 0 amide bonds. The molecule has 3 saturated carbocycles. The maximum Gasteiger partial charge on any atom is 0.189 e. The normalized spacial score (nSPS) is 38.2. The van der Waals surface area contributed by atoms with Crippen molar-refractivity contribution in [1.29, 1.82) is 0 Å². The summed E-state index contributed by atoms with van der Waals surface area (Å²) >= 11 is 0. The van der Waals surface area contributed by atoms with Crippen LogP contribution in [-0.2, 0) is 6.54 Å². The van der Waals surface area contributed by atoms with Gasteiger partial charge in [-0.1, -0.05) is 105 Å². The Kier molecular flexibility index (Phi) is 7.90. The number of benzene rings is 3. The fraction of sp³-hybridized carbons (Fsp3) is 0.512. The van der Waals surface area contributed by atoms with Crippen LogP contribution < -0.4 is 0 Å². The average molecular weight is 662 g/mol. The van der Waals surface area contributed by atoms with Gasteiger partial charge in [0.05, 0.1) is 24.4 Å². The minimum Gasteiger partial charge on any atom is -0.394 e. The zero-order chi connectivity index (χ0) is 34.2. The summed E-state index contributed by atoms with van der Waals surface area (Å²) in [6, 6.07) is 24.2. The van der Waals surface area contributed by atoms with Crippen molar-refractivity contribution in [3.8, 4) is 0 Å². The number of carbonyl (C=O) groups excluding carboxylic acids is 1. The van der Waals surface area contributed by atoms with Gasteiger partial charge in [-0.15, -0.1) is 0 Å². The third-order valence-electron chi connectivity index (χ3n) is 14.4. The number of hydrogen-bond acceptors (Lipinski definition) is 6. The molecule has 1 unspecified atom stereocenters. The summed E-state index contributed by atoms with van der Waals surface area (Å²) in [5.41, 5.74) is 0.143. The van der Waals surface area contributed by atoms with E-state index in [0.29, 0.717) is 31.5 Å². The van der Waals surface area contributed by atoms with E-state index in [9.17, 15) is 25.2 Å². The molecule has 0 saturated heterocycles. The lowest BCUT2D eigenvalue weighted by Gasteiger charge is -2.71. The summed E-state index contributed by atoms with van der Waals surface area (Å²) < 4.78 is 0. The molecule has 6 heteroatoms. The molecule has 9 atom stereocenters. The van der Waals surface area contributed by atoms with Crippen LogP contribution in [0.2, 0.25) is 0 Å². The molecule has 4 N–H and O–H groups in total. The fourth-order valence-corrected chi connectivity index (χ4v) is 11.9. The van der Waals surface area contributed by atoms with E-state index in [1.807, 2.05) is 42.5 Å². The number of Topliss-reactive ketones (excluding diaryl/α,β-unsaturated/α-hetero) is 1. The fourth-order valence-electron chi connectivity index (χ4n) is 11.9. The molecule has 9 rings (SSSR count). The Morgan fingerprint density at radius 3 is 2.37 bits per heavy atom. The highest BCUT2D eigenvalue weighted by atomic mass is 16.3. The van der Waals surface area contributed by atoms with Gasteiger partial charge in [0, 0.05) is 47.0 Å². The van der Waals surface area contributed by atoms with E-state index in [0.717, 1.165) is 54.0 Å². The van der Waals surface area contributed by atoms with Crippen LogP contribution in [0.5, 0.6) is 0 Å². The van der Waals surface area contributed by atoms with Crippen molar-refractivity contribution >= 4 is 16.6 Å². The second-order valence-electron chi connectivity index (χ2n) is 16.6. The maximum absolute atomic E-state index is 14.7. The first-order chi connectivity index (χ1) is 23.5. The molecule has 0 aromatic heterocycles. The van der Waals surface area contributed by atoms with Crippen LogP contribution in [0.3, 0.4) is 0 Å². The van der Waals surface area contributed by atoms with Crippen LogP contribution in [-0.4, -0.2) is 68.6 Å². The second-order valence-corrected chi connectivity index (χ2v) is 16.6. The first-order valence-corrected chi connectivity index (χ1v) is 18.4. The number of nitrogens with zero attached hydrogens (tertiary/aromatic N) is 1. The van der Waals surface area contributed by atoms with Crippen LogP contribution in [0, 0.1) is 33.5 Å². The van der Waals surface area contributed by atoms with Gasteiger partial charge in [-0.3, -0.25) is 9.69 Å². The van der Waals surface area contributed by atoms with Gasteiger partial charge < -0.3 is 20.4 Å². The topological polar surface area (TPSA) is 101 Å². The number of aliphatic hydroxyl groups is 4. The first-order valence-electron chi connectivity index (χ1n) is 18.4. The molecule has 0 aliphatic heterocycles. The van der Waals surface area contributed by atoms with Gasteiger partial charge in [-0.05, 0) is 78.5 Å². The lowest BCUT2D eigenvalue weighted by molar-refractivity contribution is -0.177. The quantitative estimate of drug-likeness (QED) is 0.155. The number of ketones is 1. The SMILES string of the molecule is C[C@]12CC[C@H]3[C@]4(C=C[C@@]5(C=C4C(=O)c4ccccc4)CC(O)CC[C@]35C)[C@@H]1CC[C@@]2(O)CN(Cc1cccc2ccccc12)C[C@H](O)CO. The second kappa shape index (κ2) is 11.7. The van der Waals surface area contributed by atoms with Gasteiger partial charge in [0.2, 0.25) is 0 Å². The zero-order valence-corrected chi connectivity index (χ0v) is 28.9.